The third kappa shape index (κ3) is 5.70. The van der Waals surface area contributed by atoms with E-state index in [9.17, 15) is 4.79 Å². The summed E-state index contributed by atoms with van der Waals surface area (Å²) in [7, 11) is 0. The van der Waals surface area contributed by atoms with E-state index in [4.69, 9.17) is 26.1 Å². The van der Waals surface area contributed by atoms with Crippen molar-refractivity contribution in [1.82, 2.24) is 9.66 Å². The van der Waals surface area contributed by atoms with Crippen molar-refractivity contribution in [3.63, 3.8) is 0 Å². The van der Waals surface area contributed by atoms with E-state index in [-0.39, 0.29) is 17.6 Å². The summed E-state index contributed by atoms with van der Waals surface area (Å²) < 4.78 is 13.2. The van der Waals surface area contributed by atoms with E-state index in [2.05, 4.69) is 25.0 Å². The molecule has 0 spiro atoms. The second-order valence-electron chi connectivity index (χ2n) is 9.46. The first-order valence-corrected chi connectivity index (χ1v) is 12.9. The highest BCUT2D eigenvalue weighted by atomic mass is 35.5. The predicted molar refractivity (Wildman–Crippen MR) is 152 cm³/mol. The zero-order valence-electron chi connectivity index (χ0n) is 22.1. The Morgan fingerprint density at radius 2 is 1.81 bits per heavy atom. The fourth-order valence-electron chi connectivity index (χ4n) is 4.18. The summed E-state index contributed by atoms with van der Waals surface area (Å²) in [6.07, 6.45) is 1.56. The van der Waals surface area contributed by atoms with Crippen LogP contribution in [0.5, 0.6) is 11.5 Å². The van der Waals surface area contributed by atoms with E-state index < -0.39 is 0 Å². The maximum atomic E-state index is 13.7. The number of halogens is 1. The fraction of sp³-hybridized carbons (Fsp3) is 0.300. The highest BCUT2D eigenvalue weighted by Gasteiger charge is 2.18. The van der Waals surface area contributed by atoms with Crippen molar-refractivity contribution in [2.75, 3.05) is 6.61 Å². The van der Waals surface area contributed by atoms with Crippen LogP contribution in [-0.2, 0) is 0 Å². The molecule has 0 aliphatic heterocycles. The number of aryl methyl sites for hydroxylation is 1. The molecule has 3 aromatic carbocycles. The van der Waals surface area contributed by atoms with Crippen molar-refractivity contribution < 1.29 is 9.47 Å². The largest absolute Gasteiger partial charge is 0.494 e. The Balaban J connectivity index is 1.97. The molecule has 4 rings (SSSR count). The molecule has 1 heterocycles. The van der Waals surface area contributed by atoms with E-state index >= 15 is 0 Å². The maximum absolute atomic E-state index is 13.7. The third-order valence-electron chi connectivity index (χ3n) is 5.92. The molecular formula is C30H32ClN3O3. The molecule has 0 atom stereocenters. The van der Waals surface area contributed by atoms with Crippen molar-refractivity contribution in [1.29, 1.82) is 0 Å². The summed E-state index contributed by atoms with van der Waals surface area (Å²) in [5.41, 5.74) is 3.81. The second-order valence-corrected chi connectivity index (χ2v) is 9.89. The molecule has 7 heteroatoms. The van der Waals surface area contributed by atoms with E-state index in [1.54, 1.807) is 30.5 Å². The number of rotatable bonds is 8. The Hall–Kier alpha value is -3.64. The molecule has 0 N–H and O–H groups in total. The monoisotopic (exact) mass is 517 g/mol. The Bertz CT molecular complexity index is 1520. The van der Waals surface area contributed by atoms with Gasteiger partial charge in [-0.05, 0) is 87.2 Å². The van der Waals surface area contributed by atoms with Gasteiger partial charge in [-0.3, -0.25) is 4.79 Å². The number of hydrogen-bond donors (Lipinski definition) is 0. The van der Waals surface area contributed by atoms with Gasteiger partial charge in [0.2, 0.25) is 0 Å². The van der Waals surface area contributed by atoms with Crippen LogP contribution in [0, 0.1) is 6.92 Å². The molecule has 0 aliphatic rings. The quantitative estimate of drug-likeness (QED) is 0.231. The standard InChI is InChI=1S/C30H32ClN3O3/c1-7-36-28-14-20(6)25(16-24(28)18(2)3)29-33-26-11-9-8-10-23(26)30(35)34(29)32-17-21-15-22(31)12-13-27(21)37-19(4)5/h8-19H,7H2,1-6H3. The highest BCUT2D eigenvalue weighted by Crippen LogP contribution is 2.34. The van der Waals surface area contributed by atoms with Crippen LogP contribution in [0.2, 0.25) is 5.02 Å². The molecule has 4 aromatic rings. The number of nitrogens with zero attached hydrogens (tertiary/aromatic N) is 3. The van der Waals surface area contributed by atoms with Gasteiger partial charge in [-0.1, -0.05) is 37.6 Å². The van der Waals surface area contributed by atoms with E-state index in [1.165, 1.54) is 4.68 Å². The number of hydrogen-bond acceptors (Lipinski definition) is 5. The molecule has 1 aromatic heterocycles. The molecular weight excluding hydrogens is 486 g/mol. The predicted octanol–water partition coefficient (Wildman–Crippen LogP) is 7.22. The van der Waals surface area contributed by atoms with Crippen molar-refractivity contribution in [2.45, 2.75) is 53.6 Å². The van der Waals surface area contributed by atoms with Crippen molar-refractivity contribution in [3.8, 4) is 22.9 Å². The number of benzene rings is 3. The van der Waals surface area contributed by atoms with Crippen molar-refractivity contribution >= 4 is 28.7 Å². The normalized spacial score (nSPS) is 11.7. The van der Waals surface area contributed by atoms with Gasteiger partial charge < -0.3 is 9.47 Å². The van der Waals surface area contributed by atoms with Crippen LogP contribution in [0.3, 0.4) is 0 Å². The zero-order valence-corrected chi connectivity index (χ0v) is 22.8. The molecule has 0 radical (unpaired) electrons. The minimum Gasteiger partial charge on any atom is -0.494 e. The smallest absolute Gasteiger partial charge is 0.282 e. The van der Waals surface area contributed by atoms with Gasteiger partial charge in [-0.15, -0.1) is 0 Å². The van der Waals surface area contributed by atoms with Crippen LogP contribution >= 0.6 is 11.6 Å². The van der Waals surface area contributed by atoms with Gasteiger partial charge in [0, 0.05) is 16.1 Å². The minimum atomic E-state index is -0.260. The molecule has 0 amide bonds. The Labute approximate surface area is 222 Å². The summed E-state index contributed by atoms with van der Waals surface area (Å²) in [6, 6.07) is 16.7. The molecule has 0 aliphatic carbocycles. The third-order valence-corrected chi connectivity index (χ3v) is 6.16. The summed E-state index contributed by atoms with van der Waals surface area (Å²) in [4.78, 5) is 18.6. The lowest BCUT2D eigenvalue weighted by molar-refractivity contribution is 0.242. The molecule has 0 saturated carbocycles. The molecule has 0 bridgehead atoms. The average molecular weight is 518 g/mol. The molecule has 192 valence electrons. The number of ether oxygens (including phenoxy) is 2. The van der Waals surface area contributed by atoms with E-state index in [0.29, 0.717) is 39.7 Å². The first-order valence-electron chi connectivity index (χ1n) is 12.5. The van der Waals surface area contributed by atoms with Gasteiger partial charge >= 0.3 is 0 Å². The molecule has 0 unspecified atom stereocenters. The summed E-state index contributed by atoms with van der Waals surface area (Å²) in [5.74, 6) is 2.14. The molecule has 6 nitrogen and oxygen atoms in total. The Morgan fingerprint density at radius 3 is 2.51 bits per heavy atom. The van der Waals surface area contributed by atoms with Gasteiger partial charge in [0.05, 0.1) is 29.8 Å². The van der Waals surface area contributed by atoms with Crippen LogP contribution in [0.1, 0.15) is 57.2 Å². The summed E-state index contributed by atoms with van der Waals surface area (Å²) in [5, 5.41) is 5.67. The van der Waals surface area contributed by atoms with Crippen molar-refractivity contribution in [3.05, 3.63) is 86.7 Å². The van der Waals surface area contributed by atoms with Gasteiger partial charge in [-0.25, -0.2) is 4.98 Å². The Morgan fingerprint density at radius 1 is 1.05 bits per heavy atom. The number of para-hydroxylation sites is 1. The van der Waals surface area contributed by atoms with Gasteiger partial charge in [0.1, 0.15) is 11.5 Å². The Kier molecular flexibility index (Phi) is 7.98. The number of aromatic nitrogens is 2. The topological polar surface area (TPSA) is 65.7 Å². The second kappa shape index (κ2) is 11.2. The molecule has 0 fully saturated rings. The van der Waals surface area contributed by atoms with E-state index in [1.807, 2.05) is 52.0 Å². The lowest BCUT2D eigenvalue weighted by Crippen LogP contribution is -2.21. The number of fused-ring (bicyclic) bond motifs is 1. The molecule has 37 heavy (non-hydrogen) atoms. The summed E-state index contributed by atoms with van der Waals surface area (Å²) >= 11 is 6.27. The first kappa shape index (κ1) is 26.4. The maximum Gasteiger partial charge on any atom is 0.282 e. The highest BCUT2D eigenvalue weighted by molar-refractivity contribution is 6.30. The molecule has 0 saturated heterocycles. The van der Waals surface area contributed by atoms with Crippen LogP contribution in [-0.4, -0.2) is 28.6 Å². The SMILES string of the molecule is CCOc1cc(C)c(-c2nc3ccccc3c(=O)n2N=Cc2cc(Cl)ccc2OC(C)C)cc1C(C)C. The van der Waals surface area contributed by atoms with Crippen LogP contribution in [0.15, 0.2) is 64.5 Å². The average Bonchev–Trinajstić information content (AvgIpc) is 2.85. The van der Waals surface area contributed by atoms with Crippen LogP contribution < -0.4 is 15.0 Å². The first-order chi connectivity index (χ1) is 17.7. The van der Waals surface area contributed by atoms with Gasteiger partial charge in [0.25, 0.3) is 5.56 Å². The fourth-order valence-corrected chi connectivity index (χ4v) is 4.36. The van der Waals surface area contributed by atoms with Gasteiger partial charge in [0.15, 0.2) is 5.82 Å². The lowest BCUT2D eigenvalue weighted by Gasteiger charge is -2.18. The lowest BCUT2D eigenvalue weighted by atomic mass is 9.96. The van der Waals surface area contributed by atoms with Crippen LogP contribution in [0.4, 0.5) is 0 Å². The zero-order chi connectivity index (χ0) is 26.7. The minimum absolute atomic E-state index is 0.0325. The van der Waals surface area contributed by atoms with E-state index in [0.717, 1.165) is 22.4 Å². The summed E-state index contributed by atoms with van der Waals surface area (Å²) in [6.45, 7) is 12.7. The van der Waals surface area contributed by atoms with Crippen molar-refractivity contribution in [2.24, 2.45) is 5.10 Å². The van der Waals surface area contributed by atoms with Gasteiger partial charge in [-0.2, -0.15) is 9.78 Å². The van der Waals surface area contributed by atoms with Crippen LogP contribution in [0.25, 0.3) is 22.3 Å².